The fourth-order valence-corrected chi connectivity index (χ4v) is 3.46. The number of aromatic hydroxyl groups is 1. The van der Waals surface area contributed by atoms with Crippen LogP contribution < -0.4 is 10.5 Å². The van der Waals surface area contributed by atoms with Crippen molar-refractivity contribution in [1.29, 1.82) is 0 Å². The third-order valence-corrected chi connectivity index (χ3v) is 4.23. The fourth-order valence-electron chi connectivity index (χ4n) is 2.68. The predicted octanol–water partition coefficient (Wildman–Crippen LogP) is 3.42. The van der Waals surface area contributed by atoms with Crippen molar-refractivity contribution in [2.75, 3.05) is 7.11 Å². The second-order valence-electron chi connectivity index (χ2n) is 4.81. The molecule has 3 nitrogen and oxygen atoms in total. The zero-order valence-corrected chi connectivity index (χ0v) is 11.9. The maximum Gasteiger partial charge on any atom is 0.194 e. The number of hydrogen-bond acceptors (Lipinski definition) is 3. The summed E-state index contributed by atoms with van der Waals surface area (Å²) in [5, 5.41) is 9.77. The molecule has 0 spiro atoms. The molecule has 1 fully saturated rings. The highest BCUT2D eigenvalue weighted by molar-refractivity contribution is 9.10. The molecule has 0 atom stereocenters. The van der Waals surface area contributed by atoms with Crippen molar-refractivity contribution >= 4 is 15.9 Å². The Hall–Kier alpha value is -0.810. The second-order valence-corrected chi connectivity index (χ2v) is 5.67. The van der Waals surface area contributed by atoms with Crippen LogP contribution in [0.25, 0.3) is 0 Å². The van der Waals surface area contributed by atoms with E-state index in [0.29, 0.717) is 10.0 Å². The van der Waals surface area contributed by atoms with Gasteiger partial charge in [0.1, 0.15) is 0 Å². The first-order chi connectivity index (χ1) is 8.49. The van der Waals surface area contributed by atoms with E-state index in [1.54, 1.807) is 0 Å². The first-order valence-electron chi connectivity index (χ1n) is 6.04. The smallest absolute Gasteiger partial charge is 0.194 e. The maximum atomic E-state index is 13.5. The highest BCUT2D eigenvalue weighted by atomic mass is 79.9. The quantitative estimate of drug-likeness (QED) is 0.878. The minimum atomic E-state index is -0.707. The highest BCUT2D eigenvalue weighted by Gasteiger charge is 2.36. The molecule has 1 aliphatic carbocycles. The van der Waals surface area contributed by atoms with Gasteiger partial charge in [-0.3, -0.25) is 0 Å². The zero-order chi connectivity index (χ0) is 13.3. The molecule has 5 heteroatoms. The largest absolute Gasteiger partial charge is 0.502 e. The van der Waals surface area contributed by atoms with Crippen molar-refractivity contribution in [2.45, 2.75) is 37.6 Å². The lowest BCUT2D eigenvalue weighted by atomic mass is 9.77. The lowest BCUT2D eigenvalue weighted by Gasteiger charge is -2.35. The molecule has 1 aromatic carbocycles. The van der Waals surface area contributed by atoms with E-state index in [0.717, 1.165) is 32.1 Å². The molecule has 0 bridgehead atoms. The summed E-state index contributed by atoms with van der Waals surface area (Å²) in [7, 11) is 1.41. The van der Waals surface area contributed by atoms with Gasteiger partial charge in [0.2, 0.25) is 0 Å². The number of phenols is 1. The first kappa shape index (κ1) is 13.6. The summed E-state index contributed by atoms with van der Waals surface area (Å²) >= 11 is 3.33. The van der Waals surface area contributed by atoms with Crippen LogP contribution in [0.15, 0.2) is 10.5 Å². The topological polar surface area (TPSA) is 55.5 Å². The minimum Gasteiger partial charge on any atom is -0.502 e. The predicted molar refractivity (Wildman–Crippen MR) is 71.3 cm³/mol. The van der Waals surface area contributed by atoms with Crippen LogP contribution in [0.5, 0.6) is 11.5 Å². The van der Waals surface area contributed by atoms with Gasteiger partial charge in [-0.2, -0.15) is 0 Å². The SMILES string of the molecule is COc1c(O)c(F)cc(Br)c1C1(N)CCCCC1. The molecule has 0 saturated heterocycles. The Bertz CT molecular complexity index is 459. The number of benzene rings is 1. The molecule has 2 rings (SSSR count). The summed E-state index contributed by atoms with van der Waals surface area (Å²) < 4.78 is 19.2. The molecule has 0 amide bonds. The summed E-state index contributed by atoms with van der Waals surface area (Å²) in [6.07, 6.45) is 4.85. The van der Waals surface area contributed by atoms with Crippen molar-refractivity contribution in [3.8, 4) is 11.5 Å². The third-order valence-electron chi connectivity index (χ3n) is 3.61. The summed E-state index contributed by atoms with van der Waals surface area (Å²) in [5.74, 6) is -1.03. The van der Waals surface area contributed by atoms with Crippen LogP contribution in [0.1, 0.15) is 37.7 Å². The van der Waals surface area contributed by atoms with Crippen LogP contribution in [0, 0.1) is 5.82 Å². The van der Waals surface area contributed by atoms with E-state index in [1.807, 2.05) is 0 Å². The molecule has 0 radical (unpaired) electrons. The summed E-state index contributed by atoms with van der Waals surface area (Å²) in [5.41, 5.74) is 6.54. The van der Waals surface area contributed by atoms with Crippen molar-refractivity contribution in [3.63, 3.8) is 0 Å². The summed E-state index contributed by atoms with van der Waals surface area (Å²) in [4.78, 5) is 0. The Morgan fingerprint density at radius 1 is 1.39 bits per heavy atom. The van der Waals surface area contributed by atoms with Gasteiger partial charge < -0.3 is 15.6 Å². The number of ether oxygens (including phenoxy) is 1. The molecule has 3 N–H and O–H groups in total. The van der Waals surface area contributed by atoms with Gasteiger partial charge >= 0.3 is 0 Å². The molecular weight excluding hydrogens is 301 g/mol. The van der Waals surface area contributed by atoms with E-state index in [2.05, 4.69) is 15.9 Å². The van der Waals surface area contributed by atoms with Gasteiger partial charge in [-0.15, -0.1) is 0 Å². The molecule has 0 aromatic heterocycles. The van der Waals surface area contributed by atoms with Crippen molar-refractivity contribution in [2.24, 2.45) is 5.73 Å². The van der Waals surface area contributed by atoms with Crippen LogP contribution in [0.4, 0.5) is 4.39 Å². The minimum absolute atomic E-state index is 0.145. The molecule has 100 valence electrons. The lowest BCUT2D eigenvalue weighted by Crippen LogP contribution is -2.39. The van der Waals surface area contributed by atoms with Crippen LogP contribution in [-0.2, 0) is 5.54 Å². The van der Waals surface area contributed by atoms with Crippen LogP contribution in [0.3, 0.4) is 0 Å². The first-order valence-corrected chi connectivity index (χ1v) is 6.83. The van der Waals surface area contributed by atoms with Gasteiger partial charge in [-0.25, -0.2) is 4.39 Å². The number of phenolic OH excluding ortho intramolecular Hbond substituents is 1. The lowest BCUT2D eigenvalue weighted by molar-refractivity contribution is 0.279. The zero-order valence-electron chi connectivity index (χ0n) is 10.3. The maximum absolute atomic E-state index is 13.5. The van der Waals surface area contributed by atoms with E-state index in [-0.39, 0.29) is 5.75 Å². The Kier molecular flexibility index (Phi) is 3.82. The van der Waals surface area contributed by atoms with E-state index < -0.39 is 17.1 Å². The van der Waals surface area contributed by atoms with Gasteiger partial charge in [-0.05, 0) is 18.9 Å². The number of nitrogens with two attached hydrogens (primary N) is 1. The molecule has 18 heavy (non-hydrogen) atoms. The normalized spacial score (nSPS) is 18.7. The van der Waals surface area contributed by atoms with Crippen LogP contribution >= 0.6 is 15.9 Å². The van der Waals surface area contributed by atoms with Gasteiger partial charge in [0.25, 0.3) is 0 Å². The van der Waals surface area contributed by atoms with Crippen molar-refractivity contribution in [1.82, 2.24) is 0 Å². The third kappa shape index (κ3) is 2.21. The number of rotatable bonds is 2. The number of methoxy groups -OCH3 is 1. The fraction of sp³-hybridized carbons (Fsp3) is 0.538. The average Bonchev–Trinajstić information content (AvgIpc) is 2.34. The molecule has 1 aliphatic rings. The van der Waals surface area contributed by atoms with E-state index in [4.69, 9.17) is 10.5 Å². The average molecular weight is 318 g/mol. The van der Waals surface area contributed by atoms with Crippen LogP contribution in [0.2, 0.25) is 0 Å². The highest BCUT2D eigenvalue weighted by Crippen LogP contribution is 2.47. The standard InChI is InChI=1S/C13H17BrFNO2/c1-18-12-10(8(14)7-9(15)11(12)17)13(16)5-3-2-4-6-13/h7,17H,2-6,16H2,1H3. The Balaban J connectivity index is 2.58. The van der Waals surface area contributed by atoms with Gasteiger partial charge in [0.15, 0.2) is 17.3 Å². The molecule has 0 heterocycles. The van der Waals surface area contributed by atoms with E-state index in [1.165, 1.54) is 13.2 Å². The van der Waals surface area contributed by atoms with Crippen molar-refractivity contribution < 1.29 is 14.2 Å². The van der Waals surface area contributed by atoms with Gasteiger partial charge in [0, 0.05) is 15.6 Å². The molecule has 1 aromatic rings. The molecule has 1 saturated carbocycles. The Labute approximate surface area is 114 Å². The Morgan fingerprint density at radius 3 is 2.56 bits per heavy atom. The van der Waals surface area contributed by atoms with E-state index in [9.17, 15) is 9.50 Å². The monoisotopic (exact) mass is 317 g/mol. The van der Waals surface area contributed by atoms with Crippen LogP contribution in [-0.4, -0.2) is 12.2 Å². The summed E-state index contributed by atoms with van der Waals surface area (Å²) in [6.45, 7) is 0. The van der Waals surface area contributed by atoms with Gasteiger partial charge in [-0.1, -0.05) is 35.2 Å². The second kappa shape index (κ2) is 5.05. The van der Waals surface area contributed by atoms with Crippen molar-refractivity contribution in [3.05, 3.63) is 21.9 Å². The number of hydrogen-bond donors (Lipinski definition) is 2. The van der Waals surface area contributed by atoms with E-state index >= 15 is 0 Å². The molecular formula is C13H17BrFNO2. The summed E-state index contributed by atoms with van der Waals surface area (Å²) in [6, 6.07) is 1.25. The molecule has 0 unspecified atom stereocenters. The Morgan fingerprint density at radius 2 is 2.00 bits per heavy atom. The number of halogens is 2. The molecule has 0 aliphatic heterocycles. The van der Waals surface area contributed by atoms with Gasteiger partial charge in [0.05, 0.1) is 7.11 Å².